The topological polar surface area (TPSA) is 60.4 Å². The van der Waals surface area contributed by atoms with E-state index in [0.717, 1.165) is 0 Å². The second-order valence-electron chi connectivity index (χ2n) is 4.41. The molecule has 0 aliphatic rings. The summed E-state index contributed by atoms with van der Waals surface area (Å²) < 4.78 is 0. The van der Waals surface area contributed by atoms with Crippen LogP contribution in [0.15, 0.2) is 60.7 Å². The fraction of sp³-hybridized carbons (Fsp3) is 0.125. The van der Waals surface area contributed by atoms with Gasteiger partial charge in [0.2, 0.25) is 0 Å². The van der Waals surface area contributed by atoms with Gasteiger partial charge in [0.1, 0.15) is 0 Å². The van der Waals surface area contributed by atoms with Gasteiger partial charge >= 0.3 is 0 Å². The molecule has 0 saturated heterocycles. The first-order chi connectivity index (χ1) is 9.61. The van der Waals surface area contributed by atoms with E-state index in [0.29, 0.717) is 11.1 Å². The lowest BCUT2D eigenvalue weighted by Crippen LogP contribution is -2.42. The smallest absolute Gasteiger partial charge is 0.254 e. The molecule has 0 aromatic heterocycles. The second kappa shape index (κ2) is 6.02. The molecule has 0 N–H and O–H groups in total. The molecule has 0 heterocycles. The molecule has 1 atom stereocenters. The summed E-state index contributed by atoms with van der Waals surface area (Å²) in [5.41, 5.74) is 0.955. The maximum atomic E-state index is 12.3. The molecule has 2 aromatic rings. The lowest BCUT2D eigenvalue weighted by atomic mass is 10.0. The summed E-state index contributed by atoms with van der Waals surface area (Å²) >= 11 is 0. The van der Waals surface area contributed by atoms with Crippen LogP contribution in [0.1, 0.15) is 22.0 Å². The maximum absolute atomic E-state index is 12.3. The van der Waals surface area contributed by atoms with Crippen LogP contribution in [-0.2, 0) is 4.79 Å². The first-order valence-electron chi connectivity index (χ1n) is 6.19. The number of rotatable bonds is 4. The van der Waals surface area contributed by atoms with Crippen LogP contribution in [0.4, 0.5) is 0 Å². The van der Waals surface area contributed by atoms with E-state index in [1.165, 1.54) is 11.9 Å². The zero-order chi connectivity index (χ0) is 14.5. The van der Waals surface area contributed by atoms with Crippen molar-refractivity contribution in [1.29, 1.82) is 0 Å². The molecule has 0 spiro atoms. The molecule has 2 aromatic carbocycles. The second-order valence-corrected chi connectivity index (χ2v) is 4.41. The molecule has 102 valence electrons. The van der Waals surface area contributed by atoms with Gasteiger partial charge in [-0.05, 0) is 17.7 Å². The minimum Gasteiger partial charge on any atom is -0.548 e. The van der Waals surface area contributed by atoms with Crippen LogP contribution in [0, 0.1) is 0 Å². The first-order valence-corrected chi connectivity index (χ1v) is 6.19. The lowest BCUT2D eigenvalue weighted by Gasteiger charge is -2.29. The molecule has 4 heteroatoms. The highest BCUT2D eigenvalue weighted by Gasteiger charge is 2.23. The summed E-state index contributed by atoms with van der Waals surface area (Å²) in [5, 5.41) is 11.4. The number of nitrogens with zero attached hydrogens (tertiary/aromatic N) is 1. The van der Waals surface area contributed by atoms with Gasteiger partial charge in [0, 0.05) is 12.6 Å². The molecule has 0 saturated carbocycles. The third kappa shape index (κ3) is 2.85. The first kappa shape index (κ1) is 13.8. The van der Waals surface area contributed by atoms with Gasteiger partial charge in [0.25, 0.3) is 5.91 Å². The molecule has 0 aliphatic carbocycles. The predicted octanol–water partition coefficient (Wildman–Crippen LogP) is 1.25. The van der Waals surface area contributed by atoms with Crippen molar-refractivity contribution in [3.05, 3.63) is 71.8 Å². The SMILES string of the molecule is CN(C(=O)c1ccccc1)[C@H](C(=O)[O-])c1ccccc1. The highest BCUT2D eigenvalue weighted by Crippen LogP contribution is 2.20. The zero-order valence-corrected chi connectivity index (χ0v) is 11.0. The van der Waals surface area contributed by atoms with Gasteiger partial charge < -0.3 is 14.8 Å². The monoisotopic (exact) mass is 268 g/mol. The van der Waals surface area contributed by atoms with Gasteiger partial charge in [0.15, 0.2) is 0 Å². The Kier molecular flexibility index (Phi) is 4.15. The van der Waals surface area contributed by atoms with Crippen molar-refractivity contribution < 1.29 is 14.7 Å². The number of hydrogen-bond acceptors (Lipinski definition) is 3. The standard InChI is InChI=1S/C16H15NO3/c1-17(15(18)13-10-6-3-7-11-13)14(16(19)20)12-8-4-2-5-9-12/h2-11,14H,1H3,(H,19,20)/p-1/t14-/m0/s1. The van der Waals surface area contributed by atoms with Gasteiger partial charge in [-0.2, -0.15) is 0 Å². The van der Waals surface area contributed by atoms with Gasteiger partial charge in [0.05, 0.1) is 12.0 Å². The van der Waals surface area contributed by atoms with Crippen LogP contribution in [0.2, 0.25) is 0 Å². The number of likely N-dealkylation sites (N-methyl/N-ethyl adjacent to an activating group) is 1. The number of aliphatic carboxylic acids is 1. The lowest BCUT2D eigenvalue weighted by molar-refractivity contribution is -0.311. The summed E-state index contributed by atoms with van der Waals surface area (Å²) in [6, 6.07) is 16.0. The maximum Gasteiger partial charge on any atom is 0.254 e. The Labute approximate surface area is 117 Å². The Bertz CT molecular complexity index is 596. The van der Waals surface area contributed by atoms with Crippen molar-refractivity contribution >= 4 is 11.9 Å². The molecule has 0 unspecified atom stereocenters. The van der Waals surface area contributed by atoms with Gasteiger partial charge in [-0.15, -0.1) is 0 Å². The highest BCUT2D eigenvalue weighted by atomic mass is 16.4. The van der Waals surface area contributed by atoms with Gasteiger partial charge in [-0.25, -0.2) is 0 Å². The van der Waals surface area contributed by atoms with Crippen LogP contribution in [-0.4, -0.2) is 23.8 Å². The van der Waals surface area contributed by atoms with E-state index >= 15 is 0 Å². The van der Waals surface area contributed by atoms with Crippen molar-refractivity contribution in [1.82, 2.24) is 4.90 Å². The molecule has 2 rings (SSSR count). The quantitative estimate of drug-likeness (QED) is 0.838. The molecule has 0 bridgehead atoms. The van der Waals surface area contributed by atoms with Gasteiger partial charge in [-0.1, -0.05) is 48.5 Å². The van der Waals surface area contributed by atoms with E-state index in [2.05, 4.69) is 0 Å². The Morgan fingerprint density at radius 1 is 0.950 bits per heavy atom. The van der Waals surface area contributed by atoms with Crippen LogP contribution in [0.25, 0.3) is 0 Å². The van der Waals surface area contributed by atoms with E-state index < -0.39 is 12.0 Å². The van der Waals surface area contributed by atoms with Crippen molar-refractivity contribution in [2.75, 3.05) is 7.05 Å². The average Bonchev–Trinajstić information content (AvgIpc) is 2.48. The number of amides is 1. The van der Waals surface area contributed by atoms with Crippen molar-refractivity contribution in [3.8, 4) is 0 Å². The minimum atomic E-state index is -1.30. The predicted molar refractivity (Wildman–Crippen MR) is 72.7 cm³/mol. The fourth-order valence-electron chi connectivity index (χ4n) is 2.05. The normalized spacial score (nSPS) is 11.7. The summed E-state index contributed by atoms with van der Waals surface area (Å²) in [7, 11) is 1.46. The third-order valence-electron chi connectivity index (χ3n) is 3.07. The Morgan fingerprint density at radius 3 is 1.95 bits per heavy atom. The number of benzene rings is 2. The molecule has 4 nitrogen and oxygen atoms in total. The molecule has 20 heavy (non-hydrogen) atoms. The Balaban J connectivity index is 2.31. The molecule has 0 radical (unpaired) electrons. The van der Waals surface area contributed by atoms with E-state index in [1.807, 2.05) is 0 Å². The van der Waals surface area contributed by atoms with Crippen LogP contribution < -0.4 is 5.11 Å². The molecular formula is C16H14NO3-. The summed E-state index contributed by atoms with van der Waals surface area (Å²) in [6.07, 6.45) is 0. The largest absolute Gasteiger partial charge is 0.548 e. The Morgan fingerprint density at radius 2 is 1.45 bits per heavy atom. The van der Waals surface area contributed by atoms with Crippen molar-refractivity contribution in [3.63, 3.8) is 0 Å². The van der Waals surface area contributed by atoms with Crippen LogP contribution in [0.3, 0.4) is 0 Å². The fourth-order valence-corrected chi connectivity index (χ4v) is 2.05. The van der Waals surface area contributed by atoms with Crippen molar-refractivity contribution in [2.24, 2.45) is 0 Å². The van der Waals surface area contributed by atoms with Crippen LogP contribution in [0.5, 0.6) is 0 Å². The van der Waals surface area contributed by atoms with E-state index in [4.69, 9.17) is 0 Å². The summed E-state index contributed by atoms with van der Waals surface area (Å²) in [5.74, 6) is -1.66. The highest BCUT2D eigenvalue weighted by molar-refractivity contribution is 5.96. The summed E-state index contributed by atoms with van der Waals surface area (Å²) in [6.45, 7) is 0. The van der Waals surface area contributed by atoms with E-state index in [9.17, 15) is 14.7 Å². The molecule has 0 aliphatic heterocycles. The molecule has 0 fully saturated rings. The number of carbonyl (C=O) groups is 2. The molecule has 1 amide bonds. The Hall–Kier alpha value is -2.62. The minimum absolute atomic E-state index is 0.358. The van der Waals surface area contributed by atoms with Gasteiger partial charge in [-0.3, -0.25) is 4.79 Å². The molecular weight excluding hydrogens is 254 g/mol. The summed E-state index contributed by atoms with van der Waals surface area (Å²) in [4.78, 5) is 24.9. The number of carbonyl (C=O) groups excluding carboxylic acids is 2. The van der Waals surface area contributed by atoms with E-state index in [-0.39, 0.29) is 5.91 Å². The number of hydrogen-bond donors (Lipinski definition) is 0. The van der Waals surface area contributed by atoms with Crippen LogP contribution >= 0.6 is 0 Å². The third-order valence-corrected chi connectivity index (χ3v) is 3.07. The number of carboxylic acid groups (broad SMARTS) is 1. The van der Waals surface area contributed by atoms with E-state index in [1.54, 1.807) is 60.7 Å². The zero-order valence-electron chi connectivity index (χ0n) is 11.0. The average molecular weight is 268 g/mol. The number of carboxylic acids is 1. The van der Waals surface area contributed by atoms with Crippen molar-refractivity contribution in [2.45, 2.75) is 6.04 Å².